The standard InChI is InChI=1S/C25H26FN3O2/c1-27-24(30)25(15-19-5-2-7-21(13-19)22-8-4-10-28-16-22)18-29(11-12-31-25)17-20-6-3-9-23(26)14-20/h2-10,13-14,16H,11-12,15,17-18H2,1H3,(H,27,30)/t25-/m0/s1. The minimum absolute atomic E-state index is 0.150. The third kappa shape index (κ3) is 4.98. The Bertz CT molecular complexity index is 1040. The predicted octanol–water partition coefficient (Wildman–Crippen LogP) is 3.45. The number of benzene rings is 2. The van der Waals surface area contributed by atoms with Crippen molar-refractivity contribution < 1.29 is 13.9 Å². The summed E-state index contributed by atoms with van der Waals surface area (Å²) >= 11 is 0. The molecule has 0 spiro atoms. The van der Waals surface area contributed by atoms with Gasteiger partial charge in [-0.25, -0.2) is 4.39 Å². The van der Waals surface area contributed by atoms with Gasteiger partial charge in [0.05, 0.1) is 6.61 Å². The summed E-state index contributed by atoms with van der Waals surface area (Å²) in [4.78, 5) is 19.3. The summed E-state index contributed by atoms with van der Waals surface area (Å²) in [5, 5.41) is 2.78. The topological polar surface area (TPSA) is 54.5 Å². The number of pyridine rings is 1. The van der Waals surface area contributed by atoms with Crippen molar-refractivity contribution in [3.63, 3.8) is 0 Å². The molecule has 0 aliphatic carbocycles. The Hall–Kier alpha value is -3.09. The van der Waals surface area contributed by atoms with Crippen molar-refractivity contribution in [1.82, 2.24) is 15.2 Å². The van der Waals surface area contributed by atoms with Gasteiger partial charge in [-0.3, -0.25) is 14.7 Å². The molecule has 1 atom stereocenters. The Labute approximate surface area is 181 Å². The van der Waals surface area contributed by atoms with E-state index in [-0.39, 0.29) is 11.7 Å². The number of morpholine rings is 1. The number of nitrogens with zero attached hydrogens (tertiary/aromatic N) is 2. The smallest absolute Gasteiger partial charge is 0.253 e. The molecule has 3 aromatic rings. The molecular weight excluding hydrogens is 393 g/mol. The highest BCUT2D eigenvalue weighted by molar-refractivity contribution is 5.86. The highest BCUT2D eigenvalue weighted by Crippen LogP contribution is 2.27. The van der Waals surface area contributed by atoms with E-state index in [4.69, 9.17) is 4.74 Å². The maximum atomic E-state index is 13.6. The number of hydrogen-bond acceptors (Lipinski definition) is 4. The van der Waals surface area contributed by atoms with Crippen LogP contribution in [0.4, 0.5) is 4.39 Å². The molecule has 6 heteroatoms. The minimum Gasteiger partial charge on any atom is -0.362 e. The lowest BCUT2D eigenvalue weighted by Crippen LogP contribution is -2.60. The molecule has 1 aliphatic rings. The van der Waals surface area contributed by atoms with Gasteiger partial charge in [0.15, 0.2) is 5.60 Å². The van der Waals surface area contributed by atoms with Gasteiger partial charge < -0.3 is 10.1 Å². The van der Waals surface area contributed by atoms with Crippen LogP contribution < -0.4 is 5.32 Å². The molecule has 5 nitrogen and oxygen atoms in total. The van der Waals surface area contributed by atoms with Gasteiger partial charge in [0, 0.05) is 45.5 Å². The van der Waals surface area contributed by atoms with Crippen LogP contribution in [0.5, 0.6) is 0 Å². The van der Waals surface area contributed by atoms with Crippen LogP contribution in [0.1, 0.15) is 11.1 Å². The van der Waals surface area contributed by atoms with Gasteiger partial charge >= 0.3 is 0 Å². The lowest BCUT2D eigenvalue weighted by Gasteiger charge is -2.41. The number of aromatic nitrogens is 1. The molecule has 1 saturated heterocycles. The molecule has 2 heterocycles. The number of amides is 1. The summed E-state index contributed by atoms with van der Waals surface area (Å²) in [6, 6.07) is 18.6. The fourth-order valence-electron chi connectivity index (χ4n) is 4.16. The summed E-state index contributed by atoms with van der Waals surface area (Å²) in [5.41, 5.74) is 2.96. The van der Waals surface area contributed by atoms with E-state index in [1.807, 2.05) is 42.6 Å². The van der Waals surface area contributed by atoms with E-state index < -0.39 is 5.60 Å². The van der Waals surface area contributed by atoms with E-state index in [9.17, 15) is 9.18 Å². The third-order valence-electron chi connectivity index (χ3n) is 5.61. The predicted molar refractivity (Wildman–Crippen MR) is 118 cm³/mol. The summed E-state index contributed by atoms with van der Waals surface area (Å²) < 4.78 is 19.7. The Balaban J connectivity index is 1.57. The number of carbonyl (C=O) groups excluding carboxylic acids is 1. The normalized spacial score (nSPS) is 19.2. The summed E-state index contributed by atoms with van der Waals surface area (Å²) in [6.45, 7) is 2.12. The molecule has 1 fully saturated rings. The van der Waals surface area contributed by atoms with Crippen molar-refractivity contribution in [2.45, 2.75) is 18.6 Å². The zero-order chi connectivity index (χ0) is 21.7. The molecule has 4 rings (SSSR count). The minimum atomic E-state index is -1.01. The highest BCUT2D eigenvalue weighted by Gasteiger charge is 2.43. The van der Waals surface area contributed by atoms with Crippen LogP contribution in [-0.4, -0.2) is 48.1 Å². The first-order chi connectivity index (χ1) is 15.1. The van der Waals surface area contributed by atoms with Crippen molar-refractivity contribution in [1.29, 1.82) is 0 Å². The maximum absolute atomic E-state index is 13.6. The Kier molecular flexibility index (Phi) is 6.39. The number of likely N-dealkylation sites (N-methyl/N-ethyl adjacent to an activating group) is 1. The zero-order valence-corrected chi connectivity index (χ0v) is 17.6. The number of ether oxygens (including phenoxy) is 1. The second kappa shape index (κ2) is 9.37. The van der Waals surface area contributed by atoms with Crippen molar-refractivity contribution in [3.05, 3.63) is 90.0 Å². The second-order valence-electron chi connectivity index (χ2n) is 7.88. The first-order valence-electron chi connectivity index (χ1n) is 10.4. The Morgan fingerprint density at radius 2 is 1.94 bits per heavy atom. The van der Waals surface area contributed by atoms with Gasteiger partial charge in [-0.05, 0) is 40.5 Å². The van der Waals surface area contributed by atoms with Crippen LogP contribution in [0.15, 0.2) is 73.1 Å². The van der Waals surface area contributed by atoms with Crippen molar-refractivity contribution in [3.8, 4) is 11.1 Å². The van der Waals surface area contributed by atoms with Crippen LogP contribution >= 0.6 is 0 Å². The Morgan fingerprint density at radius 1 is 1.13 bits per heavy atom. The van der Waals surface area contributed by atoms with E-state index in [1.54, 1.807) is 19.3 Å². The zero-order valence-electron chi connectivity index (χ0n) is 17.6. The molecule has 0 saturated carbocycles. The quantitative estimate of drug-likeness (QED) is 0.665. The summed E-state index contributed by atoms with van der Waals surface area (Å²) in [6.07, 6.45) is 4.02. The van der Waals surface area contributed by atoms with Crippen LogP contribution in [0.2, 0.25) is 0 Å². The highest BCUT2D eigenvalue weighted by atomic mass is 19.1. The van der Waals surface area contributed by atoms with E-state index in [2.05, 4.69) is 21.3 Å². The molecule has 31 heavy (non-hydrogen) atoms. The van der Waals surface area contributed by atoms with E-state index >= 15 is 0 Å². The monoisotopic (exact) mass is 419 g/mol. The fraction of sp³-hybridized carbons (Fsp3) is 0.280. The van der Waals surface area contributed by atoms with Crippen LogP contribution in [0.3, 0.4) is 0 Å². The van der Waals surface area contributed by atoms with E-state index in [0.29, 0.717) is 32.7 Å². The van der Waals surface area contributed by atoms with E-state index in [0.717, 1.165) is 22.3 Å². The van der Waals surface area contributed by atoms with Crippen molar-refractivity contribution in [2.24, 2.45) is 0 Å². The molecule has 0 bridgehead atoms. The fourth-order valence-corrected chi connectivity index (χ4v) is 4.16. The number of carbonyl (C=O) groups is 1. The van der Waals surface area contributed by atoms with Crippen molar-refractivity contribution >= 4 is 5.91 Å². The molecule has 2 aromatic carbocycles. The number of rotatable bonds is 6. The number of hydrogen-bond donors (Lipinski definition) is 1. The molecular formula is C25H26FN3O2. The van der Waals surface area contributed by atoms with Gasteiger partial charge in [0.25, 0.3) is 5.91 Å². The van der Waals surface area contributed by atoms with Crippen LogP contribution in [-0.2, 0) is 22.5 Å². The molecule has 0 unspecified atom stereocenters. The molecule has 1 amide bonds. The summed E-state index contributed by atoms with van der Waals surface area (Å²) in [7, 11) is 1.63. The first-order valence-corrected chi connectivity index (χ1v) is 10.4. The maximum Gasteiger partial charge on any atom is 0.253 e. The van der Waals surface area contributed by atoms with E-state index in [1.165, 1.54) is 12.1 Å². The van der Waals surface area contributed by atoms with Crippen molar-refractivity contribution in [2.75, 3.05) is 26.7 Å². The molecule has 1 N–H and O–H groups in total. The average molecular weight is 420 g/mol. The number of nitrogens with one attached hydrogen (secondary N) is 1. The second-order valence-corrected chi connectivity index (χ2v) is 7.88. The largest absolute Gasteiger partial charge is 0.362 e. The van der Waals surface area contributed by atoms with Gasteiger partial charge in [0.1, 0.15) is 5.82 Å². The third-order valence-corrected chi connectivity index (χ3v) is 5.61. The van der Waals surface area contributed by atoms with Gasteiger partial charge in [0.2, 0.25) is 0 Å². The molecule has 1 aromatic heterocycles. The molecule has 0 radical (unpaired) electrons. The Morgan fingerprint density at radius 3 is 2.71 bits per heavy atom. The molecule has 160 valence electrons. The van der Waals surface area contributed by atoms with Crippen LogP contribution in [0.25, 0.3) is 11.1 Å². The SMILES string of the molecule is CNC(=O)[C@]1(Cc2cccc(-c3cccnc3)c2)CN(Cc2cccc(F)c2)CCO1. The first kappa shape index (κ1) is 21.2. The van der Waals surface area contributed by atoms with Gasteiger partial charge in [-0.2, -0.15) is 0 Å². The lowest BCUT2D eigenvalue weighted by atomic mass is 9.90. The summed E-state index contributed by atoms with van der Waals surface area (Å²) in [5.74, 6) is -0.404. The van der Waals surface area contributed by atoms with Crippen LogP contribution in [0, 0.1) is 5.82 Å². The average Bonchev–Trinajstić information content (AvgIpc) is 2.79. The van der Waals surface area contributed by atoms with Gasteiger partial charge in [-0.15, -0.1) is 0 Å². The molecule has 1 aliphatic heterocycles. The lowest BCUT2D eigenvalue weighted by molar-refractivity contribution is -0.160. The van der Waals surface area contributed by atoms with Gasteiger partial charge in [-0.1, -0.05) is 42.5 Å². The number of halogens is 1.